The standard InChI is InChI=1S/C26H43N7O2/c1-34-18-26(8-9-26)33-21-4-2-20(3-5-21)31-24-29-13-7-22(32-24)19-6-12-28-23(16-19)30-17-25(27)10-14-35-15-11-25/h16,20-21,33H,2-15,17-18,27H2,1H3,(H,28,30)(H,29,31). The van der Waals surface area contributed by atoms with Crippen molar-refractivity contribution in [3.63, 3.8) is 0 Å². The van der Waals surface area contributed by atoms with Crippen LogP contribution in [0, 0.1) is 0 Å². The molecule has 0 aromatic rings. The molecule has 9 nitrogen and oxygen atoms in total. The van der Waals surface area contributed by atoms with Gasteiger partial charge < -0.3 is 31.2 Å². The van der Waals surface area contributed by atoms with Gasteiger partial charge in [0, 0.05) is 62.7 Å². The lowest BCUT2D eigenvalue weighted by Gasteiger charge is -2.32. The van der Waals surface area contributed by atoms with Crippen molar-refractivity contribution in [3.8, 4) is 0 Å². The third-order valence-corrected chi connectivity index (χ3v) is 8.11. The molecular formula is C26H43N7O2. The largest absolute Gasteiger partial charge is 0.383 e. The number of nitrogens with one attached hydrogen (secondary N) is 3. The smallest absolute Gasteiger partial charge is 0.218 e. The number of hydrogen-bond donors (Lipinski definition) is 4. The van der Waals surface area contributed by atoms with Crippen LogP contribution in [0.4, 0.5) is 0 Å². The van der Waals surface area contributed by atoms with Gasteiger partial charge in [0.2, 0.25) is 5.96 Å². The fourth-order valence-electron chi connectivity index (χ4n) is 5.66. The molecule has 0 atom stereocenters. The first kappa shape index (κ1) is 24.9. The second-order valence-electron chi connectivity index (χ2n) is 11.1. The van der Waals surface area contributed by atoms with Crippen molar-refractivity contribution < 1.29 is 9.47 Å². The third-order valence-electron chi connectivity index (χ3n) is 8.11. The van der Waals surface area contributed by atoms with E-state index in [1.54, 1.807) is 7.11 Å². The molecule has 0 bridgehead atoms. The summed E-state index contributed by atoms with van der Waals surface area (Å²) in [6.07, 6.45) is 12.9. The second-order valence-corrected chi connectivity index (χ2v) is 11.1. The molecule has 9 heteroatoms. The topological polar surface area (TPSA) is 118 Å². The van der Waals surface area contributed by atoms with E-state index < -0.39 is 0 Å². The van der Waals surface area contributed by atoms with Crippen LogP contribution in [0.25, 0.3) is 0 Å². The van der Waals surface area contributed by atoms with Crippen LogP contribution in [0.5, 0.6) is 0 Å². The van der Waals surface area contributed by atoms with E-state index in [0.29, 0.717) is 18.6 Å². The van der Waals surface area contributed by atoms with Crippen LogP contribution >= 0.6 is 0 Å². The first-order valence-electron chi connectivity index (χ1n) is 13.6. The SMILES string of the molecule is COCC1(NC2CCC(N=C3N=C(C4=CC(=NCC5(N)CCOCC5)NCC4)CCN3)CC2)CC1. The highest BCUT2D eigenvalue weighted by atomic mass is 16.5. The molecule has 0 unspecified atom stereocenters. The zero-order chi connectivity index (χ0) is 24.1. The van der Waals surface area contributed by atoms with Gasteiger partial charge in [0.25, 0.3) is 0 Å². The summed E-state index contributed by atoms with van der Waals surface area (Å²) in [5.41, 5.74) is 8.95. The highest BCUT2D eigenvalue weighted by Crippen LogP contribution is 2.37. The van der Waals surface area contributed by atoms with Crippen LogP contribution in [0.15, 0.2) is 26.6 Å². The van der Waals surface area contributed by atoms with E-state index in [4.69, 9.17) is 30.2 Å². The average molecular weight is 486 g/mol. The summed E-state index contributed by atoms with van der Waals surface area (Å²) in [6, 6.07) is 0.949. The van der Waals surface area contributed by atoms with E-state index in [1.165, 1.54) is 31.3 Å². The molecule has 2 saturated carbocycles. The molecule has 0 radical (unpaired) electrons. The zero-order valence-corrected chi connectivity index (χ0v) is 21.3. The predicted octanol–water partition coefficient (Wildman–Crippen LogP) is 1.68. The van der Waals surface area contributed by atoms with Crippen molar-refractivity contribution in [1.82, 2.24) is 16.0 Å². The Balaban J connectivity index is 1.17. The lowest BCUT2D eigenvalue weighted by molar-refractivity contribution is 0.0563. The van der Waals surface area contributed by atoms with Crippen LogP contribution in [-0.2, 0) is 9.47 Å². The van der Waals surface area contributed by atoms with Gasteiger partial charge in [0.15, 0.2) is 0 Å². The van der Waals surface area contributed by atoms with Crippen LogP contribution in [0.2, 0.25) is 0 Å². The van der Waals surface area contributed by atoms with Crippen LogP contribution in [0.1, 0.15) is 64.2 Å². The summed E-state index contributed by atoms with van der Waals surface area (Å²) in [4.78, 5) is 14.8. The number of guanidine groups is 1. The molecule has 0 aromatic heterocycles. The van der Waals surface area contributed by atoms with Crippen molar-refractivity contribution in [2.45, 2.75) is 87.4 Å². The Morgan fingerprint density at radius 3 is 2.63 bits per heavy atom. The highest BCUT2D eigenvalue weighted by molar-refractivity contribution is 6.12. The van der Waals surface area contributed by atoms with Crippen molar-refractivity contribution in [1.29, 1.82) is 0 Å². The molecule has 5 N–H and O–H groups in total. The molecule has 3 heterocycles. The minimum absolute atomic E-state index is 0.248. The molecule has 3 aliphatic heterocycles. The van der Waals surface area contributed by atoms with E-state index in [1.807, 2.05) is 0 Å². The molecule has 35 heavy (non-hydrogen) atoms. The first-order valence-corrected chi connectivity index (χ1v) is 13.6. The predicted molar refractivity (Wildman–Crippen MR) is 140 cm³/mol. The molecule has 2 aliphatic carbocycles. The molecule has 0 spiro atoms. The van der Waals surface area contributed by atoms with E-state index in [-0.39, 0.29) is 11.1 Å². The molecule has 5 rings (SSSR count). The third kappa shape index (κ3) is 6.70. The lowest BCUT2D eigenvalue weighted by Crippen LogP contribution is -2.48. The van der Waals surface area contributed by atoms with Gasteiger partial charge in [-0.25, -0.2) is 9.98 Å². The van der Waals surface area contributed by atoms with Crippen molar-refractivity contribution in [3.05, 3.63) is 11.6 Å². The van der Waals surface area contributed by atoms with E-state index in [9.17, 15) is 0 Å². The summed E-state index contributed by atoms with van der Waals surface area (Å²) >= 11 is 0. The maximum absolute atomic E-state index is 6.52. The normalized spacial score (nSPS) is 32.4. The number of hydrogen-bond acceptors (Lipinski definition) is 6. The molecule has 5 aliphatic rings. The maximum Gasteiger partial charge on any atom is 0.218 e. The zero-order valence-electron chi connectivity index (χ0n) is 21.3. The van der Waals surface area contributed by atoms with Gasteiger partial charge in [-0.2, -0.15) is 0 Å². The Morgan fingerprint density at radius 1 is 1.11 bits per heavy atom. The van der Waals surface area contributed by atoms with Gasteiger partial charge >= 0.3 is 0 Å². The van der Waals surface area contributed by atoms with Gasteiger partial charge in [-0.15, -0.1) is 0 Å². The Bertz CT molecular complexity index is 863. The number of nitrogens with two attached hydrogens (primary N) is 1. The summed E-state index contributed by atoms with van der Waals surface area (Å²) in [5.74, 6) is 1.73. The van der Waals surface area contributed by atoms with Crippen LogP contribution in [-0.4, -0.2) is 87.2 Å². The van der Waals surface area contributed by atoms with Gasteiger partial charge in [0.05, 0.1) is 19.2 Å². The Labute approximate surface area is 209 Å². The maximum atomic E-state index is 6.52. The van der Waals surface area contributed by atoms with Crippen molar-refractivity contribution >= 4 is 17.5 Å². The Hall–Kier alpha value is -1.81. The molecule has 0 aromatic carbocycles. The highest BCUT2D eigenvalue weighted by Gasteiger charge is 2.44. The molecular weight excluding hydrogens is 442 g/mol. The summed E-state index contributed by atoms with van der Waals surface area (Å²) < 4.78 is 10.9. The average Bonchev–Trinajstić information content (AvgIpc) is 3.64. The van der Waals surface area contributed by atoms with Crippen LogP contribution < -0.4 is 21.7 Å². The molecule has 194 valence electrons. The van der Waals surface area contributed by atoms with E-state index in [0.717, 1.165) is 88.9 Å². The Kier molecular flexibility index (Phi) is 7.86. The molecule has 3 fully saturated rings. The summed E-state index contributed by atoms with van der Waals surface area (Å²) in [6.45, 7) is 4.69. The van der Waals surface area contributed by atoms with Gasteiger partial charge in [-0.05, 0) is 69.4 Å². The Morgan fingerprint density at radius 2 is 1.89 bits per heavy atom. The van der Waals surface area contributed by atoms with Crippen molar-refractivity contribution in [2.24, 2.45) is 20.7 Å². The van der Waals surface area contributed by atoms with Crippen LogP contribution in [0.3, 0.4) is 0 Å². The monoisotopic (exact) mass is 485 g/mol. The number of ether oxygens (including phenoxy) is 2. The van der Waals surface area contributed by atoms with Gasteiger partial charge in [0.1, 0.15) is 5.84 Å². The fourth-order valence-corrected chi connectivity index (χ4v) is 5.66. The molecule has 1 saturated heterocycles. The quantitative estimate of drug-likeness (QED) is 0.416. The van der Waals surface area contributed by atoms with E-state index >= 15 is 0 Å². The number of amidine groups is 1. The summed E-state index contributed by atoms with van der Waals surface area (Å²) in [7, 11) is 1.80. The van der Waals surface area contributed by atoms with Crippen molar-refractivity contribution in [2.75, 3.05) is 46.6 Å². The summed E-state index contributed by atoms with van der Waals surface area (Å²) in [5, 5.41) is 10.7. The molecule has 0 amide bonds. The minimum Gasteiger partial charge on any atom is -0.383 e. The number of methoxy groups -OCH3 is 1. The number of rotatable bonds is 8. The number of aliphatic imine (C=N–C) groups is 3. The minimum atomic E-state index is -0.248. The second kappa shape index (κ2) is 11.1. The van der Waals surface area contributed by atoms with Gasteiger partial charge in [-0.1, -0.05) is 0 Å². The lowest BCUT2D eigenvalue weighted by atomic mass is 9.91. The fraction of sp³-hybridized carbons (Fsp3) is 0.808. The van der Waals surface area contributed by atoms with E-state index in [2.05, 4.69) is 22.0 Å². The number of nitrogens with zero attached hydrogens (tertiary/aromatic N) is 3. The first-order chi connectivity index (χ1) is 17.0. The van der Waals surface area contributed by atoms with Gasteiger partial charge in [-0.3, -0.25) is 4.99 Å².